The molecular formula is C14H15BrN2OS. The second kappa shape index (κ2) is 6.84. The van der Waals surface area contributed by atoms with Crippen LogP contribution in [0.2, 0.25) is 0 Å². The zero-order chi connectivity index (χ0) is 13.7. The van der Waals surface area contributed by atoms with E-state index in [4.69, 9.17) is 5.73 Å². The van der Waals surface area contributed by atoms with E-state index in [1.165, 1.54) is 0 Å². The van der Waals surface area contributed by atoms with Crippen molar-refractivity contribution in [1.82, 2.24) is 5.32 Å². The van der Waals surface area contributed by atoms with Crippen molar-refractivity contribution in [1.29, 1.82) is 0 Å². The van der Waals surface area contributed by atoms with E-state index in [1.807, 2.05) is 41.8 Å². The van der Waals surface area contributed by atoms with Crippen molar-refractivity contribution in [3.63, 3.8) is 0 Å². The molecule has 19 heavy (non-hydrogen) atoms. The Bertz CT molecular complexity index is 541. The molecule has 3 nitrogen and oxygen atoms in total. The first-order valence-corrected chi connectivity index (χ1v) is 7.63. The summed E-state index contributed by atoms with van der Waals surface area (Å²) in [6.07, 6.45) is 0.299. The van der Waals surface area contributed by atoms with Crippen molar-refractivity contribution in [2.75, 3.05) is 0 Å². The molecule has 1 heterocycles. The molecule has 3 N–H and O–H groups in total. The van der Waals surface area contributed by atoms with Gasteiger partial charge in [-0.15, -0.1) is 11.3 Å². The summed E-state index contributed by atoms with van der Waals surface area (Å²) in [7, 11) is 0. The lowest BCUT2D eigenvalue weighted by Crippen LogP contribution is -2.26. The monoisotopic (exact) mass is 338 g/mol. The van der Waals surface area contributed by atoms with Gasteiger partial charge >= 0.3 is 0 Å². The van der Waals surface area contributed by atoms with Crippen LogP contribution in [0, 0.1) is 0 Å². The minimum Gasteiger partial charge on any atom is -0.351 e. The van der Waals surface area contributed by atoms with Crippen molar-refractivity contribution in [3.05, 3.63) is 56.7 Å². The van der Waals surface area contributed by atoms with Crippen LogP contribution in [0.1, 0.15) is 22.9 Å². The van der Waals surface area contributed by atoms with Crippen LogP contribution < -0.4 is 11.1 Å². The molecule has 2 rings (SSSR count). The molecule has 1 atom stereocenters. The molecule has 1 unspecified atom stereocenters. The van der Waals surface area contributed by atoms with Crippen LogP contribution in [0.15, 0.2) is 46.3 Å². The number of rotatable bonds is 5. The second-order valence-corrected chi connectivity index (χ2v) is 6.04. The molecule has 0 bridgehead atoms. The normalized spacial score (nSPS) is 12.1. The highest BCUT2D eigenvalue weighted by molar-refractivity contribution is 9.10. The predicted molar refractivity (Wildman–Crippen MR) is 81.9 cm³/mol. The first kappa shape index (κ1) is 14.2. The van der Waals surface area contributed by atoms with E-state index in [9.17, 15) is 4.79 Å². The number of carbonyl (C=O) groups is 1. The van der Waals surface area contributed by atoms with Gasteiger partial charge in [-0.05, 0) is 32.9 Å². The smallest absolute Gasteiger partial charge is 0.222 e. The summed E-state index contributed by atoms with van der Waals surface area (Å²) < 4.78 is 1.03. The van der Waals surface area contributed by atoms with E-state index in [1.54, 1.807) is 11.3 Å². The van der Waals surface area contributed by atoms with Crippen molar-refractivity contribution in [2.45, 2.75) is 19.0 Å². The van der Waals surface area contributed by atoms with Gasteiger partial charge in [-0.25, -0.2) is 0 Å². The van der Waals surface area contributed by atoms with Crippen LogP contribution in [-0.4, -0.2) is 5.91 Å². The van der Waals surface area contributed by atoms with Gasteiger partial charge in [-0.3, -0.25) is 4.79 Å². The van der Waals surface area contributed by atoms with Gasteiger partial charge in [0.2, 0.25) is 5.91 Å². The maximum atomic E-state index is 11.8. The molecule has 0 fully saturated rings. The average molecular weight is 339 g/mol. The maximum absolute atomic E-state index is 11.8. The Hall–Kier alpha value is -1.17. The summed E-state index contributed by atoms with van der Waals surface area (Å²) in [6.45, 7) is 0.540. The topological polar surface area (TPSA) is 55.1 Å². The molecule has 1 amide bonds. The zero-order valence-electron chi connectivity index (χ0n) is 10.3. The van der Waals surface area contributed by atoms with E-state index in [2.05, 4.69) is 21.2 Å². The Labute approximate surface area is 125 Å². The molecule has 5 heteroatoms. The van der Waals surface area contributed by atoms with E-state index < -0.39 is 0 Å². The van der Waals surface area contributed by atoms with Gasteiger partial charge in [-0.1, -0.05) is 30.3 Å². The number of hydrogen-bond donors (Lipinski definition) is 2. The fourth-order valence-electron chi connectivity index (χ4n) is 1.72. The first-order chi connectivity index (χ1) is 9.16. The van der Waals surface area contributed by atoms with Crippen LogP contribution in [0.4, 0.5) is 0 Å². The Morgan fingerprint density at radius 3 is 2.68 bits per heavy atom. The van der Waals surface area contributed by atoms with Gasteiger partial charge in [0.25, 0.3) is 0 Å². The van der Waals surface area contributed by atoms with E-state index >= 15 is 0 Å². The number of nitrogens with two attached hydrogens (primary N) is 1. The summed E-state index contributed by atoms with van der Waals surface area (Å²) >= 11 is 5.05. The summed E-state index contributed by atoms with van der Waals surface area (Å²) in [5.41, 5.74) is 6.99. The third-order valence-electron chi connectivity index (χ3n) is 2.77. The van der Waals surface area contributed by atoms with Crippen molar-refractivity contribution in [2.24, 2.45) is 5.73 Å². The lowest BCUT2D eigenvalue weighted by molar-refractivity contribution is -0.121. The van der Waals surface area contributed by atoms with Gasteiger partial charge in [0, 0.05) is 21.8 Å². The lowest BCUT2D eigenvalue weighted by Gasteiger charge is -2.11. The van der Waals surface area contributed by atoms with E-state index in [0.29, 0.717) is 13.0 Å². The fraction of sp³-hybridized carbons (Fsp3) is 0.214. The van der Waals surface area contributed by atoms with Gasteiger partial charge in [-0.2, -0.15) is 0 Å². The highest BCUT2D eigenvalue weighted by atomic mass is 79.9. The number of nitrogens with one attached hydrogen (secondary N) is 1. The SMILES string of the molecule is NC(CC(=O)NCc1sccc1Br)c1ccccc1. The van der Waals surface area contributed by atoms with Gasteiger partial charge in [0.15, 0.2) is 0 Å². The largest absolute Gasteiger partial charge is 0.351 e. The van der Waals surface area contributed by atoms with Crippen LogP contribution >= 0.6 is 27.3 Å². The molecule has 0 saturated carbocycles. The van der Waals surface area contributed by atoms with Crippen molar-refractivity contribution in [3.8, 4) is 0 Å². The molecular weight excluding hydrogens is 324 g/mol. The molecule has 0 spiro atoms. The Morgan fingerprint density at radius 2 is 2.05 bits per heavy atom. The minimum atomic E-state index is -0.257. The molecule has 0 radical (unpaired) electrons. The third-order valence-corrected chi connectivity index (χ3v) is 4.70. The summed E-state index contributed by atoms with van der Waals surface area (Å²) in [4.78, 5) is 12.9. The molecule has 1 aromatic carbocycles. The number of benzene rings is 1. The number of amides is 1. The van der Waals surface area contributed by atoms with E-state index in [-0.39, 0.29) is 11.9 Å². The molecule has 2 aromatic rings. The van der Waals surface area contributed by atoms with Crippen LogP contribution in [-0.2, 0) is 11.3 Å². The van der Waals surface area contributed by atoms with Crippen LogP contribution in [0.3, 0.4) is 0 Å². The predicted octanol–water partition coefficient (Wildman–Crippen LogP) is 3.22. The fourth-order valence-corrected chi connectivity index (χ4v) is 3.15. The van der Waals surface area contributed by atoms with Crippen LogP contribution in [0.5, 0.6) is 0 Å². The van der Waals surface area contributed by atoms with Crippen LogP contribution in [0.25, 0.3) is 0 Å². The number of carbonyl (C=O) groups excluding carboxylic acids is 1. The first-order valence-electron chi connectivity index (χ1n) is 5.96. The Balaban J connectivity index is 1.83. The minimum absolute atomic E-state index is 0.0309. The molecule has 0 aliphatic heterocycles. The summed E-state index contributed by atoms with van der Waals surface area (Å²) in [5, 5.41) is 4.88. The summed E-state index contributed by atoms with van der Waals surface area (Å²) in [5.74, 6) is -0.0309. The summed E-state index contributed by atoms with van der Waals surface area (Å²) in [6, 6.07) is 11.4. The number of thiophene rings is 1. The standard InChI is InChI=1S/C14H15BrN2OS/c15-11-6-7-19-13(11)9-17-14(18)8-12(16)10-4-2-1-3-5-10/h1-7,12H,8-9,16H2,(H,17,18). The Morgan fingerprint density at radius 1 is 1.32 bits per heavy atom. The second-order valence-electron chi connectivity index (χ2n) is 4.19. The third kappa shape index (κ3) is 4.16. The maximum Gasteiger partial charge on any atom is 0.222 e. The number of halogens is 1. The molecule has 0 aliphatic carbocycles. The number of hydrogen-bond acceptors (Lipinski definition) is 3. The van der Waals surface area contributed by atoms with Gasteiger partial charge in [0.05, 0.1) is 6.54 Å². The van der Waals surface area contributed by atoms with Gasteiger partial charge < -0.3 is 11.1 Å². The Kier molecular flexibility index (Phi) is 5.13. The zero-order valence-corrected chi connectivity index (χ0v) is 12.7. The molecule has 100 valence electrons. The quantitative estimate of drug-likeness (QED) is 0.879. The molecule has 1 aromatic heterocycles. The van der Waals surface area contributed by atoms with Gasteiger partial charge in [0.1, 0.15) is 0 Å². The highest BCUT2D eigenvalue weighted by Crippen LogP contribution is 2.22. The lowest BCUT2D eigenvalue weighted by atomic mass is 10.0. The van der Waals surface area contributed by atoms with Crippen molar-refractivity contribution < 1.29 is 4.79 Å². The molecule has 0 saturated heterocycles. The molecule has 0 aliphatic rings. The van der Waals surface area contributed by atoms with Crippen molar-refractivity contribution >= 4 is 33.2 Å². The average Bonchev–Trinajstić information content (AvgIpc) is 2.83. The van der Waals surface area contributed by atoms with E-state index in [0.717, 1.165) is 14.9 Å². The highest BCUT2D eigenvalue weighted by Gasteiger charge is 2.11.